The molecule has 74 valence electrons. The van der Waals surface area contributed by atoms with Gasteiger partial charge in [0.2, 0.25) is 0 Å². The fourth-order valence-corrected chi connectivity index (χ4v) is 0.932. The lowest BCUT2D eigenvalue weighted by atomic mass is 10.1. The molecule has 0 saturated carbocycles. The molecule has 0 unspecified atom stereocenters. The minimum Gasteiger partial charge on any atom is -0.497 e. The number of hydrogen-bond donors (Lipinski definition) is 1. The Kier molecular flexibility index (Phi) is 4.80. The molecule has 0 aliphatic carbocycles. The van der Waals surface area contributed by atoms with Gasteiger partial charge >= 0.3 is 5.97 Å². The van der Waals surface area contributed by atoms with Gasteiger partial charge in [-0.2, -0.15) is 0 Å². The highest BCUT2D eigenvalue weighted by molar-refractivity contribution is 6.16. The van der Waals surface area contributed by atoms with Crippen LogP contribution in [0.2, 0.25) is 0 Å². The van der Waals surface area contributed by atoms with Gasteiger partial charge in [-0.3, -0.25) is 4.79 Å². The summed E-state index contributed by atoms with van der Waals surface area (Å²) in [5.41, 5.74) is -0.246. The average Bonchev–Trinajstić information content (AvgIpc) is 2.04. The molecule has 0 aromatic heterocycles. The lowest BCUT2D eigenvalue weighted by molar-refractivity contribution is -0.135. The number of carboxylic acids is 1. The van der Waals surface area contributed by atoms with Crippen molar-refractivity contribution in [3.05, 3.63) is 11.3 Å². The van der Waals surface area contributed by atoms with Crippen molar-refractivity contribution in [1.82, 2.24) is 0 Å². The molecule has 0 atom stereocenters. The molecule has 0 aromatic carbocycles. The van der Waals surface area contributed by atoms with Gasteiger partial charge in [0.15, 0.2) is 5.78 Å². The van der Waals surface area contributed by atoms with E-state index >= 15 is 0 Å². The second kappa shape index (κ2) is 5.35. The van der Waals surface area contributed by atoms with Gasteiger partial charge in [-0.05, 0) is 13.8 Å². The Morgan fingerprint density at radius 3 is 2.15 bits per heavy atom. The van der Waals surface area contributed by atoms with E-state index in [0.717, 1.165) is 0 Å². The van der Waals surface area contributed by atoms with Crippen LogP contribution in [0.4, 0.5) is 0 Å². The highest BCUT2D eigenvalue weighted by Gasteiger charge is 2.19. The van der Waals surface area contributed by atoms with E-state index in [4.69, 9.17) is 9.84 Å². The molecule has 0 aliphatic rings. The molecule has 4 heteroatoms. The van der Waals surface area contributed by atoms with Gasteiger partial charge in [0.1, 0.15) is 11.3 Å². The van der Waals surface area contributed by atoms with E-state index < -0.39 is 11.8 Å². The number of rotatable bonds is 5. The summed E-state index contributed by atoms with van der Waals surface area (Å²) in [7, 11) is 0. The molecule has 0 fully saturated rings. The van der Waals surface area contributed by atoms with Crippen LogP contribution in [0.5, 0.6) is 0 Å². The minimum atomic E-state index is -1.22. The second-order valence-corrected chi connectivity index (χ2v) is 2.45. The van der Waals surface area contributed by atoms with Crippen LogP contribution in [0.1, 0.15) is 27.2 Å². The first-order valence-electron chi connectivity index (χ1n) is 4.14. The monoisotopic (exact) mass is 186 g/mol. The maximum absolute atomic E-state index is 11.2. The molecule has 0 spiro atoms. The largest absolute Gasteiger partial charge is 0.497 e. The number of hydrogen-bond acceptors (Lipinski definition) is 3. The van der Waals surface area contributed by atoms with Gasteiger partial charge in [0.25, 0.3) is 0 Å². The summed E-state index contributed by atoms with van der Waals surface area (Å²) >= 11 is 0. The van der Waals surface area contributed by atoms with Gasteiger partial charge in [-0.1, -0.05) is 6.92 Å². The van der Waals surface area contributed by atoms with E-state index in [0.29, 0.717) is 6.61 Å². The predicted molar refractivity (Wildman–Crippen MR) is 47.3 cm³/mol. The first-order chi connectivity index (χ1) is 6.04. The number of allylic oxidation sites excluding steroid dienone is 1. The van der Waals surface area contributed by atoms with Crippen molar-refractivity contribution in [2.45, 2.75) is 27.2 Å². The van der Waals surface area contributed by atoms with Crippen molar-refractivity contribution in [3.8, 4) is 0 Å². The maximum atomic E-state index is 11.2. The predicted octanol–water partition coefficient (Wildman–Crippen LogP) is 1.36. The van der Waals surface area contributed by atoms with Gasteiger partial charge in [0, 0.05) is 6.42 Å². The van der Waals surface area contributed by atoms with Crippen molar-refractivity contribution in [1.29, 1.82) is 0 Å². The topological polar surface area (TPSA) is 63.6 Å². The third-order valence-electron chi connectivity index (χ3n) is 1.53. The van der Waals surface area contributed by atoms with Gasteiger partial charge < -0.3 is 9.84 Å². The molecule has 0 amide bonds. The lowest BCUT2D eigenvalue weighted by Crippen LogP contribution is -2.14. The van der Waals surface area contributed by atoms with E-state index in [9.17, 15) is 9.59 Å². The fourth-order valence-electron chi connectivity index (χ4n) is 0.932. The standard InChI is InChI=1S/C9H14O4/c1-4-7(10)8(9(11)12)6(3)13-5-2/h4-5H2,1-3H3,(H,11,12)/b8-6+. The van der Waals surface area contributed by atoms with Gasteiger partial charge in [-0.15, -0.1) is 0 Å². The summed E-state index contributed by atoms with van der Waals surface area (Å²) < 4.78 is 4.97. The number of carboxylic acid groups (broad SMARTS) is 1. The summed E-state index contributed by atoms with van der Waals surface area (Å²) in [5, 5.41) is 8.71. The van der Waals surface area contributed by atoms with Crippen LogP contribution < -0.4 is 0 Å². The summed E-state index contributed by atoms with van der Waals surface area (Å²) in [4.78, 5) is 21.8. The Balaban J connectivity index is 4.88. The smallest absolute Gasteiger partial charge is 0.342 e. The van der Waals surface area contributed by atoms with Crippen molar-refractivity contribution in [2.75, 3.05) is 6.61 Å². The number of ketones is 1. The number of carbonyl (C=O) groups excluding carboxylic acids is 1. The Hall–Kier alpha value is -1.32. The molecule has 0 heterocycles. The highest BCUT2D eigenvalue weighted by atomic mass is 16.5. The Morgan fingerprint density at radius 1 is 1.31 bits per heavy atom. The van der Waals surface area contributed by atoms with Crippen LogP contribution in [0.3, 0.4) is 0 Å². The molecule has 0 saturated heterocycles. The van der Waals surface area contributed by atoms with Crippen molar-refractivity contribution in [3.63, 3.8) is 0 Å². The molecule has 0 bridgehead atoms. The van der Waals surface area contributed by atoms with E-state index in [1.165, 1.54) is 6.92 Å². The third kappa shape index (κ3) is 3.27. The van der Waals surface area contributed by atoms with Crippen LogP contribution in [0.25, 0.3) is 0 Å². The molecular formula is C9H14O4. The highest BCUT2D eigenvalue weighted by Crippen LogP contribution is 2.09. The summed E-state index contributed by atoms with van der Waals surface area (Å²) in [6.07, 6.45) is 0.173. The first kappa shape index (κ1) is 11.7. The Morgan fingerprint density at radius 2 is 1.85 bits per heavy atom. The lowest BCUT2D eigenvalue weighted by Gasteiger charge is -2.06. The zero-order chi connectivity index (χ0) is 10.4. The number of ether oxygens (including phenoxy) is 1. The van der Waals surface area contributed by atoms with Crippen molar-refractivity contribution in [2.24, 2.45) is 0 Å². The van der Waals surface area contributed by atoms with Crippen LogP contribution in [-0.4, -0.2) is 23.5 Å². The number of aliphatic carboxylic acids is 1. The fraction of sp³-hybridized carbons (Fsp3) is 0.556. The third-order valence-corrected chi connectivity index (χ3v) is 1.53. The summed E-state index contributed by atoms with van der Waals surface area (Å²) in [5.74, 6) is -1.45. The van der Waals surface area contributed by atoms with Crippen LogP contribution in [0.15, 0.2) is 11.3 Å². The van der Waals surface area contributed by atoms with Crippen LogP contribution >= 0.6 is 0 Å². The molecular weight excluding hydrogens is 172 g/mol. The zero-order valence-electron chi connectivity index (χ0n) is 8.09. The number of carbonyl (C=O) groups is 2. The van der Waals surface area contributed by atoms with E-state index in [-0.39, 0.29) is 17.8 Å². The molecule has 0 radical (unpaired) electrons. The van der Waals surface area contributed by atoms with E-state index in [1.807, 2.05) is 0 Å². The normalized spacial score (nSPS) is 11.9. The minimum absolute atomic E-state index is 0.173. The van der Waals surface area contributed by atoms with Crippen molar-refractivity contribution < 1.29 is 19.4 Å². The SMILES string of the molecule is CCO/C(C)=C(/C(=O)O)C(=O)CC. The summed E-state index contributed by atoms with van der Waals surface area (Å²) in [6, 6.07) is 0. The maximum Gasteiger partial charge on any atom is 0.342 e. The first-order valence-corrected chi connectivity index (χ1v) is 4.14. The molecule has 4 nitrogen and oxygen atoms in total. The quantitative estimate of drug-likeness (QED) is 0.305. The number of Topliss-reactive ketones (excluding diaryl/α,β-unsaturated/α-hetero) is 1. The Labute approximate surface area is 77.2 Å². The molecule has 0 rings (SSSR count). The summed E-state index contributed by atoms with van der Waals surface area (Å²) in [6.45, 7) is 5.20. The van der Waals surface area contributed by atoms with E-state index in [1.54, 1.807) is 13.8 Å². The van der Waals surface area contributed by atoms with Crippen LogP contribution in [0, 0.1) is 0 Å². The molecule has 0 aromatic rings. The molecule has 1 N–H and O–H groups in total. The molecule has 0 aliphatic heterocycles. The average molecular weight is 186 g/mol. The Bertz CT molecular complexity index is 240. The second-order valence-electron chi connectivity index (χ2n) is 2.45. The molecule has 13 heavy (non-hydrogen) atoms. The van der Waals surface area contributed by atoms with Crippen molar-refractivity contribution >= 4 is 11.8 Å². The van der Waals surface area contributed by atoms with Crippen LogP contribution in [-0.2, 0) is 14.3 Å². The van der Waals surface area contributed by atoms with Gasteiger partial charge in [0.05, 0.1) is 6.61 Å². The zero-order valence-corrected chi connectivity index (χ0v) is 8.09. The van der Waals surface area contributed by atoms with E-state index in [2.05, 4.69) is 0 Å². The van der Waals surface area contributed by atoms with Gasteiger partial charge in [-0.25, -0.2) is 4.79 Å².